The van der Waals surface area contributed by atoms with Crippen LogP contribution in [-0.2, 0) is 0 Å². The molecule has 0 aromatic heterocycles. The first-order chi connectivity index (χ1) is 5.11. The SMILES string of the molecule is CC(C#N)N(C)CC(O)CO. The number of rotatable bonds is 4. The Morgan fingerprint density at radius 2 is 2.18 bits per heavy atom. The molecule has 0 fully saturated rings. The minimum Gasteiger partial charge on any atom is -0.394 e. The monoisotopic (exact) mass is 158 g/mol. The molecule has 0 radical (unpaired) electrons. The molecule has 0 amide bonds. The molecule has 0 heterocycles. The van der Waals surface area contributed by atoms with Gasteiger partial charge in [-0.15, -0.1) is 0 Å². The molecular formula is C7H14N2O2. The Balaban J connectivity index is 3.69. The fraction of sp³-hybridized carbons (Fsp3) is 0.857. The minimum atomic E-state index is -0.754. The van der Waals surface area contributed by atoms with Crippen LogP contribution in [0.25, 0.3) is 0 Å². The molecule has 0 aromatic carbocycles. The standard InChI is InChI=1S/C7H14N2O2/c1-6(3-8)9(2)4-7(11)5-10/h6-7,10-11H,4-5H2,1-2H3. The molecule has 0 saturated heterocycles. The lowest BCUT2D eigenvalue weighted by molar-refractivity contribution is 0.0624. The van der Waals surface area contributed by atoms with Gasteiger partial charge in [0.1, 0.15) is 0 Å². The van der Waals surface area contributed by atoms with E-state index in [-0.39, 0.29) is 12.6 Å². The lowest BCUT2D eigenvalue weighted by Gasteiger charge is -2.20. The highest BCUT2D eigenvalue weighted by atomic mass is 16.3. The second-order valence-corrected chi connectivity index (χ2v) is 2.58. The van der Waals surface area contributed by atoms with Gasteiger partial charge in [0.25, 0.3) is 0 Å². The van der Waals surface area contributed by atoms with Crippen LogP contribution in [-0.4, -0.2) is 47.5 Å². The van der Waals surface area contributed by atoms with Crippen molar-refractivity contribution in [3.63, 3.8) is 0 Å². The van der Waals surface area contributed by atoms with Gasteiger partial charge in [-0.3, -0.25) is 4.90 Å². The van der Waals surface area contributed by atoms with Crippen molar-refractivity contribution < 1.29 is 10.2 Å². The van der Waals surface area contributed by atoms with Crippen LogP contribution in [0.1, 0.15) is 6.92 Å². The summed E-state index contributed by atoms with van der Waals surface area (Å²) in [5.41, 5.74) is 0. The van der Waals surface area contributed by atoms with Gasteiger partial charge in [0.2, 0.25) is 0 Å². The van der Waals surface area contributed by atoms with Crippen LogP contribution in [0.3, 0.4) is 0 Å². The third-order valence-corrected chi connectivity index (χ3v) is 1.56. The summed E-state index contributed by atoms with van der Waals surface area (Å²) in [5.74, 6) is 0. The van der Waals surface area contributed by atoms with Crippen molar-refractivity contribution in [3.8, 4) is 6.07 Å². The van der Waals surface area contributed by atoms with E-state index in [1.807, 2.05) is 6.07 Å². The van der Waals surface area contributed by atoms with Crippen LogP contribution in [0.4, 0.5) is 0 Å². The lowest BCUT2D eigenvalue weighted by Crippen LogP contribution is -2.36. The largest absolute Gasteiger partial charge is 0.394 e. The summed E-state index contributed by atoms with van der Waals surface area (Å²) < 4.78 is 0. The van der Waals surface area contributed by atoms with Gasteiger partial charge < -0.3 is 10.2 Å². The van der Waals surface area contributed by atoms with Gasteiger partial charge in [0.05, 0.1) is 24.8 Å². The van der Waals surface area contributed by atoms with Crippen molar-refractivity contribution in [2.75, 3.05) is 20.2 Å². The first-order valence-electron chi connectivity index (χ1n) is 3.50. The van der Waals surface area contributed by atoms with Crippen molar-refractivity contribution in [3.05, 3.63) is 0 Å². The summed E-state index contributed by atoms with van der Waals surface area (Å²) >= 11 is 0. The highest BCUT2D eigenvalue weighted by molar-refractivity contribution is 4.86. The molecule has 4 nitrogen and oxygen atoms in total. The van der Waals surface area contributed by atoms with E-state index >= 15 is 0 Å². The lowest BCUT2D eigenvalue weighted by atomic mass is 10.3. The predicted molar refractivity (Wildman–Crippen MR) is 40.8 cm³/mol. The van der Waals surface area contributed by atoms with Crippen LogP contribution in [0, 0.1) is 11.3 Å². The predicted octanol–water partition coefficient (Wildman–Crippen LogP) is -0.817. The molecule has 11 heavy (non-hydrogen) atoms. The van der Waals surface area contributed by atoms with Crippen molar-refractivity contribution in [1.82, 2.24) is 4.90 Å². The molecular weight excluding hydrogens is 144 g/mol. The van der Waals surface area contributed by atoms with Gasteiger partial charge in [0, 0.05) is 6.54 Å². The Morgan fingerprint density at radius 3 is 2.55 bits per heavy atom. The zero-order valence-corrected chi connectivity index (χ0v) is 6.86. The Bertz CT molecular complexity index is 144. The zero-order valence-electron chi connectivity index (χ0n) is 6.86. The van der Waals surface area contributed by atoms with Crippen LogP contribution in [0.15, 0.2) is 0 Å². The summed E-state index contributed by atoms with van der Waals surface area (Å²) in [6, 6.07) is 1.80. The van der Waals surface area contributed by atoms with Crippen LogP contribution < -0.4 is 0 Å². The number of likely N-dealkylation sites (N-methyl/N-ethyl adjacent to an activating group) is 1. The van der Waals surface area contributed by atoms with E-state index in [0.717, 1.165) is 0 Å². The maximum Gasteiger partial charge on any atom is 0.0947 e. The van der Waals surface area contributed by atoms with Crippen molar-refractivity contribution >= 4 is 0 Å². The highest BCUT2D eigenvalue weighted by Gasteiger charge is 2.11. The van der Waals surface area contributed by atoms with Gasteiger partial charge >= 0.3 is 0 Å². The minimum absolute atomic E-state index is 0.226. The van der Waals surface area contributed by atoms with Crippen LogP contribution in [0.2, 0.25) is 0 Å². The average Bonchev–Trinajstić information content (AvgIpc) is 2.02. The fourth-order valence-electron chi connectivity index (χ4n) is 0.647. The number of aliphatic hydroxyl groups excluding tert-OH is 2. The molecule has 0 spiro atoms. The average molecular weight is 158 g/mol. The topological polar surface area (TPSA) is 67.5 Å². The Hall–Kier alpha value is -0.630. The molecule has 0 aromatic rings. The summed E-state index contributed by atoms with van der Waals surface area (Å²) in [7, 11) is 1.73. The first kappa shape index (κ1) is 10.4. The van der Waals surface area contributed by atoms with E-state index in [0.29, 0.717) is 6.54 Å². The number of nitrogens with zero attached hydrogens (tertiary/aromatic N) is 2. The normalized spacial score (nSPS) is 16.0. The molecule has 0 aliphatic heterocycles. The fourth-order valence-corrected chi connectivity index (χ4v) is 0.647. The highest BCUT2D eigenvalue weighted by Crippen LogP contribution is 1.94. The number of nitriles is 1. The molecule has 0 aliphatic carbocycles. The second kappa shape index (κ2) is 5.08. The second-order valence-electron chi connectivity index (χ2n) is 2.58. The maximum absolute atomic E-state index is 8.97. The molecule has 4 heteroatoms. The van der Waals surface area contributed by atoms with Crippen molar-refractivity contribution in [2.24, 2.45) is 0 Å². The van der Waals surface area contributed by atoms with Gasteiger partial charge in [-0.25, -0.2) is 0 Å². The van der Waals surface area contributed by atoms with E-state index in [1.165, 1.54) is 0 Å². The quantitative estimate of drug-likeness (QED) is 0.561. The number of hydrogen-bond acceptors (Lipinski definition) is 4. The van der Waals surface area contributed by atoms with E-state index in [1.54, 1.807) is 18.9 Å². The van der Waals surface area contributed by atoms with Crippen molar-refractivity contribution in [2.45, 2.75) is 19.1 Å². The van der Waals surface area contributed by atoms with E-state index in [2.05, 4.69) is 0 Å². The van der Waals surface area contributed by atoms with Gasteiger partial charge in [0.15, 0.2) is 0 Å². The third kappa shape index (κ3) is 3.94. The molecule has 0 bridgehead atoms. The van der Waals surface area contributed by atoms with E-state index in [9.17, 15) is 0 Å². The summed E-state index contributed by atoms with van der Waals surface area (Å²) in [5, 5.41) is 25.9. The smallest absolute Gasteiger partial charge is 0.0947 e. The number of aliphatic hydroxyl groups is 2. The van der Waals surface area contributed by atoms with E-state index < -0.39 is 6.10 Å². The summed E-state index contributed by atoms with van der Waals surface area (Å²) in [4.78, 5) is 1.68. The van der Waals surface area contributed by atoms with Gasteiger partial charge in [-0.05, 0) is 14.0 Å². The Kier molecular flexibility index (Phi) is 4.79. The van der Waals surface area contributed by atoms with Crippen molar-refractivity contribution in [1.29, 1.82) is 5.26 Å². The molecule has 0 saturated carbocycles. The first-order valence-corrected chi connectivity index (χ1v) is 3.50. The summed E-state index contributed by atoms with van der Waals surface area (Å²) in [6.07, 6.45) is -0.754. The van der Waals surface area contributed by atoms with Gasteiger partial charge in [-0.2, -0.15) is 5.26 Å². The van der Waals surface area contributed by atoms with Gasteiger partial charge in [-0.1, -0.05) is 0 Å². The number of hydrogen-bond donors (Lipinski definition) is 2. The van der Waals surface area contributed by atoms with E-state index in [4.69, 9.17) is 15.5 Å². The maximum atomic E-state index is 8.97. The van der Waals surface area contributed by atoms with Crippen LogP contribution in [0.5, 0.6) is 0 Å². The molecule has 0 rings (SSSR count). The molecule has 2 N–H and O–H groups in total. The Labute approximate surface area is 66.7 Å². The molecule has 0 aliphatic rings. The third-order valence-electron chi connectivity index (χ3n) is 1.56. The molecule has 64 valence electrons. The summed E-state index contributed by atoms with van der Waals surface area (Å²) in [6.45, 7) is 1.80. The molecule has 2 atom stereocenters. The zero-order chi connectivity index (χ0) is 8.85. The Morgan fingerprint density at radius 1 is 1.64 bits per heavy atom. The van der Waals surface area contributed by atoms with Crippen LogP contribution >= 0.6 is 0 Å². The molecule has 2 unspecified atom stereocenters.